The molecule has 0 aliphatic heterocycles. The Kier molecular flexibility index (Phi) is 3.99. The second-order valence-electron chi connectivity index (χ2n) is 5.44. The van der Waals surface area contributed by atoms with Gasteiger partial charge in [-0.2, -0.15) is 0 Å². The molecule has 23 heavy (non-hydrogen) atoms. The molecule has 0 bridgehead atoms. The lowest BCUT2D eigenvalue weighted by atomic mass is 10.0. The fourth-order valence-electron chi connectivity index (χ4n) is 2.18. The second kappa shape index (κ2) is 5.82. The van der Waals surface area contributed by atoms with E-state index in [1.807, 2.05) is 26.0 Å². The van der Waals surface area contributed by atoms with Crippen molar-refractivity contribution >= 4 is 37.3 Å². The van der Waals surface area contributed by atoms with E-state index in [1.165, 1.54) is 0 Å². The lowest BCUT2D eigenvalue weighted by molar-refractivity contribution is 0.585. The van der Waals surface area contributed by atoms with E-state index in [9.17, 15) is 13.2 Å². The molecule has 0 spiro atoms. The number of hydrogen-bond acceptors (Lipinski definition) is 5. The quantitative estimate of drug-likeness (QED) is 0.778. The van der Waals surface area contributed by atoms with Gasteiger partial charge in [-0.15, -0.1) is 0 Å². The van der Waals surface area contributed by atoms with Crippen LogP contribution < -0.4 is 9.66 Å². The Labute approximate surface area is 137 Å². The number of fused-ring (bicyclic) bond motifs is 1. The Morgan fingerprint density at radius 3 is 2.43 bits per heavy atom. The van der Waals surface area contributed by atoms with Gasteiger partial charge in [-0.3, -0.25) is 4.72 Å². The predicted octanol–water partition coefficient (Wildman–Crippen LogP) is 3.78. The molecular weight excluding hydrogens is 334 g/mol. The minimum atomic E-state index is -3.67. The van der Waals surface area contributed by atoms with Crippen LogP contribution in [-0.2, 0) is 10.0 Å². The summed E-state index contributed by atoms with van der Waals surface area (Å²) in [4.78, 5) is 11.0. The van der Waals surface area contributed by atoms with Crippen molar-refractivity contribution in [2.75, 3.05) is 4.72 Å². The molecule has 3 aromatic rings. The molecule has 0 radical (unpaired) electrons. The predicted molar refractivity (Wildman–Crippen MR) is 91.7 cm³/mol. The van der Waals surface area contributed by atoms with Crippen molar-refractivity contribution in [2.24, 2.45) is 0 Å². The zero-order valence-corrected chi connectivity index (χ0v) is 14.2. The van der Waals surface area contributed by atoms with Gasteiger partial charge in [-0.1, -0.05) is 37.3 Å². The van der Waals surface area contributed by atoms with Crippen LogP contribution in [0.25, 0.3) is 10.3 Å². The summed E-state index contributed by atoms with van der Waals surface area (Å²) in [6.07, 6.45) is 0. The van der Waals surface area contributed by atoms with Crippen molar-refractivity contribution in [3.05, 3.63) is 57.8 Å². The normalized spacial score (nSPS) is 12.0. The molecule has 7 heteroatoms. The average Bonchev–Trinajstić information content (AvgIpc) is 2.86. The van der Waals surface area contributed by atoms with Crippen LogP contribution in [0.4, 0.5) is 5.69 Å². The van der Waals surface area contributed by atoms with Crippen LogP contribution in [0.5, 0.6) is 0 Å². The Balaban J connectivity index is 1.90. The Morgan fingerprint density at radius 1 is 1.09 bits per heavy atom. The van der Waals surface area contributed by atoms with E-state index in [2.05, 4.69) is 4.72 Å². The van der Waals surface area contributed by atoms with Crippen molar-refractivity contribution in [3.63, 3.8) is 0 Å². The minimum absolute atomic E-state index is 0.197. The third-order valence-electron chi connectivity index (χ3n) is 3.44. The maximum absolute atomic E-state index is 12.4. The molecule has 0 atom stereocenters. The zero-order valence-electron chi connectivity index (χ0n) is 12.6. The summed E-state index contributed by atoms with van der Waals surface area (Å²) in [5.74, 6) is 0.339. The first-order valence-electron chi connectivity index (χ1n) is 7.01. The summed E-state index contributed by atoms with van der Waals surface area (Å²) in [5.41, 5.74) is 1.92. The average molecular weight is 349 g/mol. The Morgan fingerprint density at radius 2 is 1.78 bits per heavy atom. The van der Waals surface area contributed by atoms with Gasteiger partial charge < -0.3 is 4.42 Å². The maximum atomic E-state index is 12.4. The van der Waals surface area contributed by atoms with E-state index in [-0.39, 0.29) is 4.90 Å². The smallest absolute Gasteiger partial charge is 0.396 e. The summed E-state index contributed by atoms with van der Waals surface area (Å²) in [7, 11) is -3.67. The highest BCUT2D eigenvalue weighted by Gasteiger charge is 2.15. The van der Waals surface area contributed by atoms with Crippen molar-refractivity contribution in [1.29, 1.82) is 0 Å². The Hall–Kier alpha value is -2.12. The van der Waals surface area contributed by atoms with Crippen LogP contribution in [0.15, 0.2) is 56.6 Å². The second-order valence-corrected chi connectivity index (χ2v) is 8.10. The molecule has 0 amide bonds. The molecule has 0 fully saturated rings. The zero-order chi connectivity index (χ0) is 16.6. The van der Waals surface area contributed by atoms with Gasteiger partial charge in [0.15, 0.2) is 0 Å². The van der Waals surface area contributed by atoms with Gasteiger partial charge in [-0.25, -0.2) is 13.2 Å². The fourth-order valence-corrected chi connectivity index (χ4v) is 3.94. The van der Waals surface area contributed by atoms with Gasteiger partial charge in [0.2, 0.25) is 0 Å². The Bertz CT molecular complexity index is 998. The highest BCUT2D eigenvalue weighted by molar-refractivity contribution is 7.92. The van der Waals surface area contributed by atoms with Crippen molar-refractivity contribution in [3.8, 4) is 0 Å². The molecule has 3 rings (SSSR count). The maximum Gasteiger partial charge on any atom is 0.396 e. The molecule has 1 heterocycles. The van der Waals surface area contributed by atoms with Gasteiger partial charge in [0.05, 0.1) is 15.3 Å². The SMILES string of the molecule is CC(C)c1ccc(S(=O)(=O)Nc2ccc3oc(=O)sc3c2)cc1. The highest BCUT2D eigenvalue weighted by atomic mass is 32.2. The number of anilines is 1. The van der Waals surface area contributed by atoms with Crippen molar-refractivity contribution in [1.82, 2.24) is 0 Å². The summed E-state index contributed by atoms with van der Waals surface area (Å²) in [5, 5.41) is 0. The largest absolute Gasteiger partial charge is 0.414 e. The summed E-state index contributed by atoms with van der Waals surface area (Å²) < 4.78 is 32.9. The number of sulfonamides is 1. The fraction of sp³-hybridized carbons (Fsp3) is 0.188. The molecule has 0 unspecified atom stereocenters. The minimum Gasteiger partial charge on any atom is -0.414 e. The van der Waals surface area contributed by atoms with Gasteiger partial charge in [0, 0.05) is 0 Å². The first kappa shape index (κ1) is 15.8. The van der Waals surface area contributed by atoms with Gasteiger partial charge in [0.25, 0.3) is 10.0 Å². The molecule has 5 nitrogen and oxygen atoms in total. The summed E-state index contributed by atoms with van der Waals surface area (Å²) in [6.45, 7) is 4.10. The lowest BCUT2D eigenvalue weighted by Gasteiger charge is -2.10. The van der Waals surface area contributed by atoms with Crippen LogP contribution in [0.1, 0.15) is 25.3 Å². The van der Waals surface area contributed by atoms with Crippen molar-refractivity contribution in [2.45, 2.75) is 24.7 Å². The van der Waals surface area contributed by atoms with Crippen LogP contribution in [0.2, 0.25) is 0 Å². The van der Waals surface area contributed by atoms with Crippen LogP contribution in [0.3, 0.4) is 0 Å². The molecule has 0 saturated carbocycles. The molecular formula is C16H15NO4S2. The van der Waals surface area contributed by atoms with Gasteiger partial charge in [-0.05, 0) is 41.8 Å². The molecule has 1 N–H and O–H groups in total. The molecule has 2 aromatic carbocycles. The summed E-state index contributed by atoms with van der Waals surface area (Å²) in [6, 6.07) is 11.5. The lowest BCUT2D eigenvalue weighted by Crippen LogP contribution is -2.12. The number of nitrogens with one attached hydrogen (secondary N) is 1. The summed E-state index contributed by atoms with van der Waals surface area (Å²) >= 11 is 0.936. The van der Waals surface area contributed by atoms with E-state index in [0.29, 0.717) is 21.9 Å². The third-order valence-corrected chi connectivity index (χ3v) is 5.63. The van der Waals surface area contributed by atoms with E-state index in [0.717, 1.165) is 16.9 Å². The van der Waals surface area contributed by atoms with Gasteiger partial charge >= 0.3 is 4.94 Å². The van der Waals surface area contributed by atoms with E-state index >= 15 is 0 Å². The number of rotatable bonds is 4. The van der Waals surface area contributed by atoms with E-state index in [1.54, 1.807) is 30.3 Å². The van der Waals surface area contributed by atoms with Crippen LogP contribution in [-0.4, -0.2) is 8.42 Å². The molecule has 0 aliphatic rings. The van der Waals surface area contributed by atoms with Crippen LogP contribution in [0, 0.1) is 0 Å². The third kappa shape index (κ3) is 3.30. The van der Waals surface area contributed by atoms with Gasteiger partial charge in [0.1, 0.15) is 5.58 Å². The number of benzene rings is 2. The van der Waals surface area contributed by atoms with E-state index < -0.39 is 15.0 Å². The molecule has 120 valence electrons. The standard InChI is InChI=1S/C16H15NO4S2/c1-10(2)11-3-6-13(7-4-11)23(19,20)17-12-5-8-14-15(9-12)22-16(18)21-14/h3-10,17H,1-2H3. The van der Waals surface area contributed by atoms with E-state index in [4.69, 9.17) is 4.42 Å². The first-order chi connectivity index (χ1) is 10.8. The topological polar surface area (TPSA) is 76.4 Å². The number of hydrogen-bond donors (Lipinski definition) is 1. The molecule has 1 aromatic heterocycles. The van der Waals surface area contributed by atoms with Crippen molar-refractivity contribution < 1.29 is 12.8 Å². The molecule has 0 saturated heterocycles. The highest BCUT2D eigenvalue weighted by Crippen LogP contribution is 2.24. The first-order valence-corrected chi connectivity index (χ1v) is 9.31. The molecule has 0 aliphatic carbocycles. The van der Waals surface area contributed by atoms with Crippen LogP contribution >= 0.6 is 11.3 Å². The monoisotopic (exact) mass is 349 g/mol.